The number of carbonyl (C=O) groups excluding carboxylic acids is 1. The van der Waals surface area contributed by atoms with E-state index in [9.17, 15) is 9.59 Å². The Kier molecular flexibility index (Phi) is 7.52. The number of carboxylic acid groups (broad SMARTS) is 1. The smallest absolute Gasteiger partial charge is 0.313 e. The van der Waals surface area contributed by atoms with Gasteiger partial charge in [-0.1, -0.05) is 6.07 Å². The summed E-state index contributed by atoms with van der Waals surface area (Å²) in [5, 5.41) is 13.2. The summed E-state index contributed by atoms with van der Waals surface area (Å²) in [5.74, 6) is -0.0400. The number of thiophene rings is 1. The van der Waals surface area contributed by atoms with Crippen molar-refractivity contribution in [1.29, 1.82) is 0 Å². The van der Waals surface area contributed by atoms with Crippen LogP contribution in [0.1, 0.15) is 17.7 Å². The van der Waals surface area contributed by atoms with E-state index in [-0.39, 0.29) is 11.7 Å². The van der Waals surface area contributed by atoms with Crippen LogP contribution in [0.25, 0.3) is 0 Å². The number of carboxylic acids is 1. The second kappa shape index (κ2) is 8.99. The molecule has 4 nitrogen and oxygen atoms in total. The number of hydrogen-bond acceptors (Lipinski definition) is 4. The summed E-state index contributed by atoms with van der Waals surface area (Å²) < 4.78 is 0. The van der Waals surface area contributed by atoms with E-state index in [2.05, 4.69) is 11.4 Å². The lowest BCUT2D eigenvalue weighted by molar-refractivity contribution is -0.133. The Balaban J connectivity index is 1.95. The maximum atomic E-state index is 11.4. The van der Waals surface area contributed by atoms with Gasteiger partial charge in [-0.05, 0) is 24.3 Å². The minimum Gasteiger partial charge on any atom is -0.481 e. The van der Waals surface area contributed by atoms with Crippen LogP contribution in [-0.4, -0.2) is 35.0 Å². The van der Waals surface area contributed by atoms with Gasteiger partial charge in [0.2, 0.25) is 5.91 Å². The van der Waals surface area contributed by atoms with Crippen molar-refractivity contribution in [2.45, 2.75) is 19.3 Å². The number of aryl methyl sites for hydroxylation is 1. The summed E-state index contributed by atoms with van der Waals surface area (Å²) in [6.45, 7) is 0.537. The summed E-state index contributed by atoms with van der Waals surface area (Å²) in [6, 6.07) is 4.09. The molecular weight excluding hydrogens is 270 g/mol. The number of nitrogens with one attached hydrogen (secondary N) is 1. The number of carbonyl (C=O) groups is 2. The average Bonchev–Trinajstić information content (AvgIpc) is 2.81. The van der Waals surface area contributed by atoms with Crippen molar-refractivity contribution >= 4 is 35.0 Å². The van der Waals surface area contributed by atoms with Crippen molar-refractivity contribution in [3.05, 3.63) is 22.4 Å². The molecule has 0 aromatic carbocycles. The molecule has 0 radical (unpaired) electrons. The first-order valence-corrected chi connectivity index (χ1v) is 7.80. The van der Waals surface area contributed by atoms with Gasteiger partial charge in [0, 0.05) is 23.6 Å². The van der Waals surface area contributed by atoms with Crippen LogP contribution < -0.4 is 5.32 Å². The molecule has 0 saturated heterocycles. The van der Waals surface area contributed by atoms with Crippen molar-refractivity contribution in [2.75, 3.05) is 18.1 Å². The average molecular weight is 287 g/mol. The Morgan fingerprint density at radius 2 is 2.28 bits per heavy atom. The summed E-state index contributed by atoms with van der Waals surface area (Å²) in [5.41, 5.74) is 0. The molecule has 1 rings (SSSR count). The van der Waals surface area contributed by atoms with E-state index in [1.807, 2.05) is 11.4 Å². The van der Waals surface area contributed by atoms with Crippen LogP contribution in [0.15, 0.2) is 17.5 Å². The molecule has 6 heteroatoms. The Bertz CT molecular complexity index is 365. The molecule has 0 saturated carbocycles. The topological polar surface area (TPSA) is 66.4 Å². The van der Waals surface area contributed by atoms with E-state index < -0.39 is 5.97 Å². The van der Waals surface area contributed by atoms with Crippen molar-refractivity contribution in [3.63, 3.8) is 0 Å². The zero-order valence-corrected chi connectivity index (χ0v) is 11.7. The van der Waals surface area contributed by atoms with Crippen LogP contribution in [0.4, 0.5) is 0 Å². The lowest BCUT2D eigenvalue weighted by Crippen LogP contribution is -2.25. The highest BCUT2D eigenvalue weighted by Gasteiger charge is 2.02. The van der Waals surface area contributed by atoms with Gasteiger partial charge in [-0.3, -0.25) is 9.59 Å². The van der Waals surface area contributed by atoms with E-state index in [4.69, 9.17) is 5.11 Å². The van der Waals surface area contributed by atoms with Crippen molar-refractivity contribution in [1.82, 2.24) is 5.32 Å². The summed E-state index contributed by atoms with van der Waals surface area (Å²) in [7, 11) is 0. The molecule has 0 atom stereocenters. The molecule has 0 bridgehead atoms. The van der Waals surface area contributed by atoms with Crippen molar-refractivity contribution in [2.24, 2.45) is 0 Å². The Morgan fingerprint density at radius 1 is 1.44 bits per heavy atom. The van der Waals surface area contributed by atoms with Crippen LogP contribution in [-0.2, 0) is 16.0 Å². The van der Waals surface area contributed by atoms with Gasteiger partial charge in [-0.2, -0.15) is 0 Å². The molecule has 0 unspecified atom stereocenters. The quantitative estimate of drug-likeness (QED) is 0.682. The van der Waals surface area contributed by atoms with Gasteiger partial charge in [-0.15, -0.1) is 23.1 Å². The zero-order chi connectivity index (χ0) is 13.2. The van der Waals surface area contributed by atoms with E-state index in [0.717, 1.165) is 12.8 Å². The second-order valence-electron chi connectivity index (χ2n) is 3.73. The minimum atomic E-state index is -0.817. The maximum Gasteiger partial charge on any atom is 0.313 e. The monoisotopic (exact) mass is 287 g/mol. The summed E-state index contributed by atoms with van der Waals surface area (Å²) >= 11 is 3.02. The van der Waals surface area contributed by atoms with Crippen molar-refractivity contribution in [3.8, 4) is 0 Å². The van der Waals surface area contributed by atoms with Gasteiger partial charge in [0.25, 0.3) is 0 Å². The number of rotatable bonds is 9. The number of thioether (sulfide) groups is 1. The van der Waals surface area contributed by atoms with Crippen molar-refractivity contribution < 1.29 is 14.7 Å². The van der Waals surface area contributed by atoms with Crippen LogP contribution in [0, 0.1) is 0 Å². The molecule has 2 N–H and O–H groups in total. The molecule has 0 aliphatic heterocycles. The fourth-order valence-corrected chi connectivity index (χ4v) is 2.71. The number of amides is 1. The van der Waals surface area contributed by atoms with E-state index in [1.54, 1.807) is 11.3 Å². The standard InChI is InChI=1S/C12H17NO3S2/c14-11(13-6-8-17-9-12(15)16)5-1-3-10-4-2-7-18-10/h2,4,7H,1,3,5-6,8-9H2,(H,13,14)(H,15,16). The highest BCUT2D eigenvalue weighted by atomic mass is 32.2. The second-order valence-corrected chi connectivity index (χ2v) is 5.87. The van der Waals surface area contributed by atoms with E-state index in [0.29, 0.717) is 18.7 Å². The van der Waals surface area contributed by atoms with E-state index >= 15 is 0 Å². The Hall–Kier alpha value is -1.01. The third-order valence-electron chi connectivity index (χ3n) is 2.20. The summed E-state index contributed by atoms with van der Waals surface area (Å²) in [6.07, 6.45) is 2.33. The Morgan fingerprint density at radius 3 is 2.94 bits per heavy atom. The molecule has 100 valence electrons. The van der Waals surface area contributed by atoms with Gasteiger partial charge < -0.3 is 10.4 Å². The lowest BCUT2D eigenvalue weighted by Gasteiger charge is -2.04. The molecule has 0 fully saturated rings. The first-order chi connectivity index (χ1) is 8.68. The SMILES string of the molecule is O=C(O)CSCCNC(=O)CCCc1cccs1. The van der Waals surface area contributed by atoms with Gasteiger partial charge in [0.15, 0.2) is 0 Å². The van der Waals surface area contributed by atoms with Crippen LogP contribution in [0.3, 0.4) is 0 Å². The minimum absolute atomic E-state index is 0.0440. The molecule has 0 aliphatic carbocycles. The third-order valence-corrected chi connectivity index (χ3v) is 4.08. The Labute approximate surface area is 115 Å². The van der Waals surface area contributed by atoms with Crippen LogP contribution >= 0.6 is 23.1 Å². The zero-order valence-electron chi connectivity index (χ0n) is 10.1. The predicted octanol–water partition coefficient (Wildman–Crippen LogP) is 2.00. The number of hydrogen-bond donors (Lipinski definition) is 2. The molecule has 1 heterocycles. The first kappa shape index (κ1) is 15.0. The summed E-state index contributed by atoms with van der Waals surface area (Å²) in [4.78, 5) is 23.0. The molecule has 0 spiro atoms. The third kappa shape index (κ3) is 7.34. The lowest BCUT2D eigenvalue weighted by atomic mass is 10.2. The number of aliphatic carboxylic acids is 1. The maximum absolute atomic E-state index is 11.4. The fourth-order valence-electron chi connectivity index (χ4n) is 1.39. The van der Waals surface area contributed by atoms with Gasteiger partial charge in [-0.25, -0.2) is 0 Å². The normalized spacial score (nSPS) is 10.2. The first-order valence-electron chi connectivity index (χ1n) is 5.77. The molecule has 1 aromatic rings. The van der Waals surface area contributed by atoms with Crippen LogP contribution in [0.2, 0.25) is 0 Å². The highest BCUT2D eigenvalue weighted by Crippen LogP contribution is 2.11. The van der Waals surface area contributed by atoms with Gasteiger partial charge in [0.05, 0.1) is 5.75 Å². The van der Waals surface area contributed by atoms with Crippen LogP contribution in [0.5, 0.6) is 0 Å². The molecule has 0 aliphatic rings. The van der Waals surface area contributed by atoms with Gasteiger partial charge >= 0.3 is 5.97 Å². The fraction of sp³-hybridized carbons (Fsp3) is 0.500. The predicted molar refractivity (Wildman–Crippen MR) is 75.2 cm³/mol. The largest absolute Gasteiger partial charge is 0.481 e. The highest BCUT2D eigenvalue weighted by molar-refractivity contribution is 7.99. The van der Waals surface area contributed by atoms with Gasteiger partial charge in [0.1, 0.15) is 0 Å². The molecule has 1 amide bonds. The molecular formula is C12H17NO3S2. The molecule has 18 heavy (non-hydrogen) atoms. The molecule has 1 aromatic heterocycles. The van der Waals surface area contributed by atoms with E-state index in [1.165, 1.54) is 16.6 Å².